The van der Waals surface area contributed by atoms with Crippen molar-refractivity contribution in [2.24, 2.45) is 0 Å². The standard InChI is InChI=1S/C19H22N4O/c24-11-10-22(14-16-12-21-19-13-20-8-9-23(16)19)18-7-3-5-15-4-1-2-6-17(15)18/h1-2,4,6,8-9,12-13,18,24H,3,5,7,10-11,14H2. The Bertz CT molecular complexity index is 829. The van der Waals surface area contributed by atoms with E-state index in [1.54, 1.807) is 12.4 Å². The van der Waals surface area contributed by atoms with Gasteiger partial charge in [-0.25, -0.2) is 4.98 Å². The zero-order chi connectivity index (χ0) is 16.4. The van der Waals surface area contributed by atoms with Gasteiger partial charge < -0.3 is 5.11 Å². The van der Waals surface area contributed by atoms with Gasteiger partial charge in [-0.15, -0.1) is 0 Å². The number of aliphatic hydroxyl groups excluding tert-OH is 1. The highest BCUT2D eigenvalue weighted by atomic mass is 16.3. The zero-order valence-corrected chi connectivity index (χ0v) is 13.7. The lowest BCUT2D eigenvalue weighted by molar-refractivity contribution is 0.129. The molecular weight excluding hydrogens is 300 g/mol. The minimum Gasteiger partial charge on any atom is -0.395 e. The number of fused-ring (bicyclic) bond motifs is 2. The molecule has 0 aliphatic heterocycles. The van der Waals surface area contributed by atoms with Gasteiger partial charge in [-0.1, -0.05) is 24.3 Å². The van der Waals surface area contributed by atoms with Gasteiger partial charge in [0.15, 0.2) is 5.65 Å². The van der Waals surface area contributed by atoms with Gasteiger partial charge in [0.25, 0.3) is 0 Å². The Morgan fingerprint density at radius 2 is 2.17 bits per heavy atom. The third-order valence-electron chi connectivity index (χ3n) is 4.92. The number of hydrogen-bond acceptors (Lipinski definition) is 4. The predicted octanol–water partition coefficient (Wildman–Crippen LogP) is 2.60. The van der Waals surface area contributed by atoms with Gasteiger partial charge in [0.2, 0.25) is 0 Å². The maximum Gasteiger partial charge on any atom is 0.155 e. The van der Waals surface area contributed by atoms with Gasteiger partial charge in [0.05, 0.1) is 24.7 Å². The van der Waals surface area contributed by atoms with Crippen LogP contribution < -0.4 is 0 Å². The van der Waals surface area contributed by atoms with Crippen molar-refractivity contribution in [2.45, 2.75) is 31.8 Å². The molecular formula is C19H22N4O. The molecule has 1 aliphatic carbocycles. The number of nitrogens with zero attached hydrogens (tertiary/aromatic N) is 4. The fraction of sp³-hybridized carbons (Fsp3) is 0.368. The summed E-state index contributed by atoms with van der Waals surface area (Å²) >= 11 is 0. The van der Waals surface area contributed by atoms with Crippen LogP contribution in [0.4, 0.5) is 0 Å². The van der Waals surface area contributed by atoms with Crippen molar-refractivity contribution in [3.05, 3.63) is 65.9 Å². The molecule has 24 heavy (non-hydrogen) atoms. The molecule has 0 amide bonds. The van der Waals surface area contributed by atoms with Gasteiger partial charge in [-0.3, -0.25) is 14.3 Å². The molecule has 4 rings (SSSR count). The largest absolute Gasteiger partial charge is 0.395 e. The third kappa shape index (κ3) is 2.81. The lowest BCUT2D eigenvalue weighted by Gasteiger charge is -2.35. The van der Waals surface area contributed by atoms with Crippen LogP contribution in [0.25, 0.3) is 5.65 Å². The molecule has 5 heteroatoms. The first-order valence-electron chi connectivity index (χ1n) is 8.55. The van der Waals surface area contributed by atoms with Crippen molar-refractivity contribution in [1.82, 2.24) is 19.3 Å². The predicted molar refractivity (Wildman–Crippen MR) is 92.6 cm³/mol. The summed E-state index contributed by atoms with van der Waals surface area (Å²) in [6.45, 7) is 1.60. The van der Waals surface area contributed by atoms with Crippen LogP contribution in [0.3, 0.4) is 0 Å². The second kappa shape index (κ2) is 6.71. The first-order valence-corrected chi connectivity index (χ1v) is 8.55. The number of rotatable bonds is 5. The fourth-order valence-electron chi connectivity index (χ4n) is 3.80. The smallest absolute Gasteiger partial charge is 0.155 e. The van der Waals surface area contributed by atoms with Gasteiger partial charge in [0.1, 0.15) is 0 Å². The first-order chi connectivity index (χ1) is 11.9. The van der Waals surface area contributed by atoms with E-state index < -0.39 is 0 Å². The van der Waals surface area contributed by atoms with Crippen LogP contribution in [0.5, 0.6) is 0 Å². The van der Waals surface area contributed by atoms with E-state index in [-0.39, 0.29) is 6.61 Å². The average Bonchev–Trinajstić information content (AvgIpc) is 3.04. The van der Waals surface area contributed by atoms with Crippen molar-refractivity contribution in [1.29, 1.82) is 0 Å². The molecule has 2 heterocycles. The Morgan fingerprint density at radius 3 is 3.08 bits per heavy atom. The Balaban J connectivity index is 1.66. The summed E-state index contributed by atoms with van der Waals surface area (Å²) in [6.07, 6.45) is 10.9. The van der Waals surface area contributed by atoms with E-state index in [4.69, 9.17) is 0 Å². The van der Waals surface area contributed by atoms with E-state index in [0.29, 0.717) is 12.6 Å². The number of benzene rings is 1. The highest BCUT2D eigenvalue weighted by Gasteiger charge is 2.26. The maximum atomic E-state index is 9.58. The zero-order valence-electron chi connectivity index (χ0n) is 13.7. The molecule has 1 unspecified atom stereocenters. The molecule has 0 saturated carbocycles. The topological polar surface area (TPSA) is 53.7 Å². The molecule has 5 nitrogen and oxygen atoms in total. The van der Waals surface area contributed by atoms with Gasteiger partial charge in [0, 0.05) is 31.5 Å². The molecule has 124 valence electrons. The summed E-state index contributed by atoms with van der Waals surface area (Å²) in [6, 6.07) is 9.07. The van der Waals surface area contributed by atoms with Gasteiger partial charge >= 0.3 is 0 Å². The molecule has 1 N–H and O–H groups in total. The minimum absolute atomic E-state index is 0.164. The monoisotopic (exact) mass is 322 g/mol. The van der Waals surface area contributed by atoms with Gasteiger partial charge in [-0.05, 0) is 30.4 Å². The molecule has 0 saturated heterocycles. The molecule has 3 aromatic rings. The first kappa shape index (κ1) is 15.3. The molecule has 0 bridgehead atoms. The Labute approximate surface area is 141 Å². The van der Waals surface area contributed by atoms with E-state index in [1.807, 2.05) is 12.4 Å². The SMILES string of the molecule is OCCN(Cc1cnc2cnccn12)C1CCCc2ccccc21. The lowest BCUT2D eigenvalue weighted by Crippen LogP contribution is -2.33. The molecule has 0 fully saturated rings. The Hall–Kier alpha value is -2.24. The summed E-state index contributed by atoms with van der Waals surface area (Å²) in [5.41, 5.74) is 4.84. The second-order valence-electron chi connectivity index (χ2n) is 6.35. The summed E-state index contributed by atoms with van der Waals surface area (Å²) < 4.78 is 2.08. The van der Waals surface area contributed by atoms with Crippen LogP contribution in [0.2, 0.25) is 0 Å². The van der Waals surface area contributed by atoms with Crippen LogP contribution in [-0.2, 0) is 13.0 Å². The number of aryl methyl sites for hydroxylation is 1. The van der Waals surface area contributed by atoms with Gasteiger partial charge in [-0.2, -0.15) is 0 Å². The third-order valence-corrected chi connectivity index (χ3v) is 4.92. The van der Waals surface area contributed by atoms with E-state index in [2.05, 4.69) is 43.5 Å². The number of aliphatic hydroxyl groups is 1. The van der Waals surface area contributed by atoms with Crippen molar-refractivity contribution in [3.8, 4) is 0 Å². The lowest BCUT2D eigenvalue weighted by atomic mass is 9.86. The van der Waals surface area contributed by atoms with Crippen molar-refractivity contribution >= 4 is 5.65 Å². The summed E-state index contributed by atoms with van der Waals surface area (Å²) in [5, 5.41) is 9.58. The molecule has 1 aromatic carbocycles. The summed E-state index contributed by atoms with van der Waals surface area (Å²) in [4.78, 5) is 10.9. The van der Waals surface area contributed by atoms with Crippen LogP contribution in [0.1, 0.15) is 35.7 Å². The van der Waals surface area contributed by atoms with Crippen LogP contribution >= 0.6 is 0 Å². The van der Waals surface area contributed by atoms with E-state index >= 15 is 0 Å². The quantitative estimate of drug-likeness (QED) is 0.784. The number of imidazole rings is 1. The van der Waals surface area contributed by atoms with E-state index in [1.165, 1.54) is 17.5 Å². The molecule has 0 radical (unpaired) electrons. The summed E-state index contributed by atoms with van der Waals surface area (Å²) in [5.74, 6) is 0. The Morgan fingerprint density at radius 1 is 1.25 bits per heavy atom. The Kier molecular flexibility index (Phi) is 4.28. The fourth-order valence-corrected chi connectivity index (χ4v) is 3.80. The number of aromatic nitrogens is 3. The van der Waals surface area contributed by atoms with Crippen molar-refractivity contribution in [2.75, 3.05) is 13.2 Å². The molecule has 1 atom stereocenters. The molecule has 2 aromatic heterocycles. The van der Waals surface area contributed by atoms with E-state index in [9.17, 15) is 5.11 Å². The minimum atomic E-state index is 0.164. The normalized spacial score (nSPS) is 17.3. The van der Waals surface area contributed by atoms with Crippen LogP contribution in [0, 0.1) is 0 Å². The highest BCUT2D eigenvalue weighted by molar-refractivity contribution is 5.37. The van der Waals surface area contributed by atoms with Crippen molar-refractivity contribution < 1.29 is 5.11 Å². The molecule has 0 spiro atoms. The second-order valence-corrected chi connectivity index (χ2v) is 6.35. The average molecular weight is 322 g/mol. The summed E-state index contributed by atoms with van der Waals surface area (Å²) in [7, 11) is 0. The van der Waals surface area contributed by atoms with Crippen LogP contribution in [-0.4, -0.2) is 37.5 Å². The van der Waals surface area contributed by atoms with Crippen LogP contribution in [0.15, 0.2) is 49.1 Å². The maximum absolute atomic E-state index is 9.58. The highest BCUT2D eigenvalue weighted by Crippen LogP contribution is 2.34. The van der Waals surface area contributed by atoms with Crippen molar-refractivity contribution in [3.63, 3.8) is 0 Å². The number of hydrogen-bond donors (Lipinski definition) is 1. The van der Waals surface area contributed by atoms with E-state index in [0.717, 1.165) is 30.7 Å². The molecule has 1 aliphatic rings.